The van der Waals surface area contributed by atoms with E-state index in [0.717, 1.165) is 0 Å². The van der Waals surface area contributed by atoms with E-state index in [2.05, 4.69) is 172 Å². The van der Waals surface area contributed by atoms with Gasteiger partial charge in [0.15, 0.2) is 0 Å². The van der Waals surface area contributed by atoms with Crippen molar-refractivity contribution in [3.05, 3.63) is 177 Å². The first-order chi connectivity index (χ1) is 19.0. The highest BCUT2D eigenvalue weighted by atomic mass is 14.0. The average molecular weight is 531 g/mol. The van der Waals surface area contributed by atoms with Gasteiger partial charge in [-0.3, -0.25) is 0 Å². The molecule has 40 heavy (non-hydrogen) atoms. The van der Waals surface area contributed by atoms with E-state index >= 15 is 0 Å². The summed E-state index contributed by atoms with van der Waals surface area (Å²) in [4.78, 5) is 0. The van der Waals surface area contributed by atoms with Crippen molar-refractivity contribution < 1.29 is 0 Å². The number of aryl methyl sites for hydroxylation is 10. The average Bonchev–Trinajstić information content (AvgIpc) is 2.92. The summed E-state index contributed by atoms with van der Waals surface area (Å²) >= 11 is 0. The van der Waals surface area contributed by atoms with Crippen LogP contribution in [0.3, 0.4) is 0 Å². The topological polar surface area (TPSA) is 0 Å². The molecule has 0 aromatic heterocycles. The summed E-state index contributed by atoms with van der Waals surface area (Å²) in [6, 6.07) is 42.1. The number of benzene rings is 5. The first-order valence-electron chi connectivity index (χ1n) is 14.1. The maximum absolute atomic E-state index is 2.20. The van der Waals surface area contributed by atoms with Crippen LogP contribution < -0.4 is 0 Å². The van der Waals surface area contributed by atoms with Gasteiger partial charge in [0.25, 0.3) is 0 Å². The highest BCUT2D eigenvalue weighted by Gasteiger charge is 1.89. The molecule has 0 fully saturated rings. The van der Waals surface area contributed by atoms with E-state index in [1.807, 2.05) is 18.2 Å². The van der Waals surface area contributed by atoms with Crippen molar-refractivity contribution >= 4 is 0 Å². The van der Waals surface area contributed by atoms with Gasteiger partial charge in [-0.15, -0.1) is 0 Å². The fraction of sp³-hybridized carbons (Fsp3) is 0.250. The van der Waals surface area contributed by atoms with E-state index in [1.54, 1.807) is 0 Å². The molecule has 0 N–H and O–H groups in total. The van der Waals surface area contributed by atoms with Crippen LogP contribution in [0.25, 0.3) is 0 Å². The van der Waals surface area contributed by atoms with Gasteiger partial charge in [-0.05, 0) is 91.5 Å². The van der Waals surface area contributed by atoms with E-state index in [0.29, 0.717) is 0 Å². The van der Waals surface area contributed by atoms with Crippen LogP contribution >= 0.6 is 0 Å². The molecule has 0 aliphatic heterocycles. The van der Waals surface area contributed by atoms with Crippen molar-refractivity contribution in [3.8, 4) is 0 Å². The Morgan fingerprint density at radius 3 is 0.850 bits per heavy atom. The summed E-state index contributed by atoms with van der Waals surface area (Å²) in [5.41, 5.74) is 13.5. The second-order valence-corrected chi connectivity index (χ2v) is 10.6. The molecule has 210 valence electrons. The zero-order chi connectivity index (χ0) is 29.9. The smallest absolute Gasteiger partial charge is 0.0395 e. The highest BCUT2D eigenvalue weighted by molar-refractivity contribution is 5.29. The van der Waals surface area contributed by atoms with Gasteiger partial charge >= 0.3 is 0 Å². The van der Waals surface area contributed by atoms with Crippen LogP contribution in [-0.4, -0.2) is 0 Å². The Kier molecular flexibility index (Phi) is 16.4. The highest BCUT2D eigenvalue weighted by Crippen LogP contribution is 2.07. The lowest BCUT2D eigenvalue weighted by Crippen LogP contribution is -1.79. The third-order valence-corrected chi connectivity index (χ3v) is 6.42. The molecule has 0 bridgehead atoms. The van der Waals surface area contributed by atoms with Gasteiger partial charge in [0.1, 0.15) is 0 Å². The molecular weight excluding hydrogens is 480 g/mol. The molecule has 0 amide bonds. The number of hydrogen-bond acceptors (Lipinski definition) is 0. The normalized spacial score (nSPS) is 9.25. The Balaban J connectivity index is 0.000000250. The van der Waals surface area contributed by atoms with Gasteiger partial charge in [0.2, 0.25) is 0 Å². The lowest BCUT2D eigenvalue weighted by Gasteiger charge is -1.98. The van der Waals surface area contributed by atoms with Gasteiger partial charge in [-0.25, -0.2) is 0 Å². The fourth-order valence-electron chi connectivity index (χ4n) is 3.53. The number of rotatable bonds is 0. The second kappa shape index (κ2) is 19.2. The molecule has 0 radical (unpaired) electrons. The van der Waals surface area contributed by atoms with Crippen molar-refractivity contribution in [2.45, 2.75) is 69.2 Å². The van der Waals surface area contributed by atoms with Gasteiger partial charge in [0, 0.05) is 0 Å². The maximum Gasteiger partial charge on any atom is -0.0395 e. The molecule has 5 aromatic rings. The van der Waals surface area contributed by atoms with Crippen molar-refractivity contribution in [2.24, 2.45) is 0 Å². The predicted molar refractivity (Wildman–Crippen MR) is 180 cm³/mol. The third-order valence-electron chi connectivity index (χ3n) is 6.42. The van der Waals surface area contributed by atoms with Crippen LogP contribution in [0, 0.1) is 69.2 Å². The minimum absolute atomic E-state index is 1.32. The van der Waals surface area contributed by atoms with Crippen LogP contribution in [0.15, 0.2) is 121 Å². The maximum atomic E-state index is 2.20. The standard InChI is InChI=1S/C9H12.3C8H10.C7H8/c1-7-4-5-8(2)9(3)6-7;1-7-3-5-8(2)6-4-7;1-7-4-3-5-8(2)6-7;1-7-5-3-4-6-8(7)2;1-7-5-3-2-4-6-7/h4-6H,1-3H3;3*3-6H,1-2H3;2-6H,1H3. The molecule has 0 saturated heterocycles. The molecule has 0 saturated carbocycles. The molecule has 0 heterocycles. The van der Waals surface area contributed by atoms with Crippen LogP contribution in [0.5, 0.6) is 0 Å². The number of hydrogen-bond donors (Lipinski definition) is 0. The summed E-state index contributed by atoms with van der Waals surface area (Å²) in [5.74, 6) is 0. The molecule has 0 heteroatoms. The van der Waals surface area contributed by atoms with E-state index in [1.165, 1.54) is 55.6 Å². The van der Waals surface area contributed by atoms with Crippen LogP contribution in [0.1, 0.15) is 55.6 Å². The van der Waals surface area contributed by atoms with E-state index in [4.69, 9.17) is 0 Å². The molecular formula is C40H50. The Bertz CT molecular complexity index is 1300. The summed E-state index contributed by atoms with van der Waals surface area (Å²) < 4.78 is 0. The van der Waals surface area contributed by atoms with Crippen molar-refractivity contribution in [1.29, 1.82) is 0 Å². The van der Waals surface area contributed by atoms with Crippen molar-refractivity contribution in [2.75, 3.05) is 0 Å². The van der Waals surface area contributed by atoms with Crippen molar-refractivity contribution in [1.82, 2.24) is 0 Å². The Morgan fingerprint density at radius 2 is 0.550 bits per heavy atom. The molecule has 5 rings (SSSR count). The minimum Gasteiger partial charge on any atom is -0.0622 e. The molecule has 0 aliphatic rings. The molecule has 0 aliphatic carbocycles. The van der Waals surface area contributed by atoms with Gasteiger partial charge in [-0.2, -0.15) is 0 Å². The third kappa shape index (κ3) is 16.1. The van der Waals surface area contributed by atoms with Crippen LogP contribution in [-0.2, 0) is 0 Å². The van der Waals surface area contributed by atoms with Crippen LogP contribution in [0.2, 0.25) is 0 Å². The van der Waals surface area contributed by atoms with Gasteiger partial charge in [0.05, 0.1) is 0 Å². The fourth-order valence-corrected chi connectivity index (χ4v) is 3.53. The molecule has 0 nitrogen and oxygen atoms in total. The lowest BCUT2D eigenvalue weighted by molar-refractivity contribution is 1.30. The lowest BCUT2D eigenvalue weighted by atomic mass is 10.1. The van der Waals surface area contributed by atoms with Gasteiger partial charge in [-0.1, -0.05) is 155 Å². The molecule has 0 unspecified atom stereocenters. The van der Waals surface area contributed by atoms with Crippen LogP contribution in [0.4, 0.5) is 0 Å². The molecule has 5 aromatic carbocycles. The Labute approximate surface area is 245 Å². The van der Waals surface area contributed by atoms with E-state index in [9.17, 15) is 0 Å². The molecule has 0 spiro atoms. The first-order valence-corrected chi connectivity index (χ1v) is 14.1. The van der Waals surface area contributed by atoms with Gasteiger partial charge < -0.3 is 0 Å². The van der Waals surface area contributed by atoms with E-state index in [-0.39, 0.29) is 0 Å². The Morgan fingerprint density at radius 1 is 0.225 bits per heavy atom. The summed E-state index contributed by atoms with van der Waals surface area (Å²) in [6.07, 6.45) is 0. The summed E-state index contributed by atoms with van der Waals surface area (Å²) in [5, 5.41) is 0. The largest absolute Gasteiger partial charge is 0.0622 e. The summed E-state index contributed by atoms with van der Waals surface area (Å²) in [7, 11) is 0. The first kappa shape index (κ1) is 34.1. The quantitative estimate of drug-likeness (QED) is 0.187. The zero-order valence-electron chi connectivity index (χ0n) is 26.5. The predicted octanol–water partition coefficient (Wildman–Crippen LogP) is 11.5. The second-order valence-electron chi connectivity index (χ2n) is 10.6. The molecule has 0 atom stereocenters. The van der Waals surface area contributed by atoms with Crippen molar-refractivity contribution in [3.63, 3.8) is 0 Å². The monoisotopic (exact) mass is 530 g/mol. The minimum atomic E-state index is 1.32. The Hall–Kier alpha value is -3.90. The zero-order valence-corrected chi connectivity index (χ0v) is 26.5. The van der Waals surface area contributed by atoms with E-state index < -0.39 is 0 Å². The SMILES string of the molecule is Cc1ccc(C)c(C)c1.Cc1ccc(C)cc1.Cc1cccc(C)c1.Cc1ccccc1.Cc1ccccc1C. The summed E-state index contributed by atoms with van der Waals surface area (Å²) in [6.45, 7) is 21.1.